The smallest absolute Gasteiger partial charge is 0.0323 e. The van der Waals surface area contributed by atoms with Crippen LogP contribution in [-0.2, 0) is 11.8 Å². The number of fused-ring (bicyclic) bond motifs is 2. The Morgan fingerprint density at radius 3 is 2.56 bits per heavy atom. The molecule has 1 aromatic rings. The lowest BCUT2D eigenvalue weighted by Crippen LogP contribution is -2.18. The molecule has 0 N–H and O–H groups in total. The number of hydrogen-bond donors (Lipinski definition) is 0. The minimum Gasteiger partial charge on any atom is -0.0804 e. The van der Waals surface area contributed by atoms with Crippen LogP contribution in [0.25, 0.3) is 0 Å². The average Bonchev–Trinajstić information content (AvgIpc) is 2.91. The third-order valence-corrected chi connectivity index (χ3v) is 3.89. The summed E-state index contributed by atoms with van der Waals surface area (Å²) < 4.78 is 0. The molecule has 0 saturated heterocycles. The van der Waals surface area contributed by atoms with E-state index < -0.39 is 0 Å². The molecule has 0 nitrogen and oxygen atoms in total. The number of hydrogen-bond acceptors (Lipinski definition) is 0. The molecule has 0 fully saturated rings. The summed E-state index contributed by atoms with van der Waals surface area (Å²) in [7, 11) is 0. The van der Waals surface area contributed by atoms with Crippen LogP contribution < -0.4 is 0 Å². The van der Waals surface area contributed by atoms with Crippen LogP contribution in [0.4, 0.5) is 0 Å². The summed E-state index contributed by atoms with van der Waals surface area (Å²) in [6, 6.07) is 8.95. The van der Waals surface area contributed by atoms with Crippen LogP contribution in [0.2, 0.25) is 0 Å². The molecule has 0 aliphatic heterocycles. The van der Waals surface area contributed by atoms with Crippen molar-refractivity contribution in [3.63, 3.8) is 0 Å². The van der Waals surface area contributed by atoms with Crippen LogP contribution in [0.15, 0.2) is 48.6 Å². The zero-order valence-corrected chi connectivity index (χ0v) is 9.82. The van der Waals surface area contributed by atoms with Gasteiger partial charge in [0, 0.05) is 5.41 Å². The zero-order valence-electron chi connectivity index (χ0n) is 9.82. The summed E-state index contributed by atoms with van der Waals surface area (Å²) in [5.41, 5.74) is 3.29. The molecule has 82 valence electrons. The van der Waals surface area contributed by atoms with Crippen LogP contribution in [0.1, 0.15) is 30.9 Å². The summed E-state index contributed by atoms with van der Waals surface area (Å²) in [4.78, 5) is 0. The molecule has 0 unspecified atom stereocenters. The predicted octanol–water partition coefficient (Wildman–Crippen LogP) is 4.02. The Bertz CT molecular complexity index is 437. The normalized spacial score (nSPS) is 30.2. The highest BCUT2D eigenvalue weighted by Gasteiger charge is 2.38. The van der Waals surface area contributed by atoms with Crippen molar-refractivity contribution in [2.75, 3.05) is 0 Å². The van der Waals surface area contributed by atoms with Gasteiger partial charge in [-0.3, -0.25) is 0 Å². The van der Waals surface area contributed by atoms with Crippen molar-refractivity contribution in [2.45, 2.75) is 31.6 Å². The van der Waals surface area contributed by atoms with E-state index in [0.29, 0.717) is 5.92 Å². The summed E-state index contributed by atoms with van der Waals surface area (Å²) in [5.74, 6) is 0.690. The first-order valence-corrected chi connectivity index (χ1v) is 6.31. The molecule has 0 spiro atoms. The van der Waals surface area contributed by atoms with Crippen LogP contribution in [0.3, 0.4) is 0 Å². The Hall–Kier alpha value is -1.30. The second-order valence-electron chi connectivity index (χ2n) is 5.03. The molecule has 0 atom stereocenters. The van der Waals surface area contributed by atoms with Crippen molar-refractivity contribution < 1.29 is 0 Å². The van der Waals surface area contributed by atoms with Gasteiger partial charge < -0.3 is 0 Å². The summed E-state index contributed by atoms with van der Waals surface area (Å²) in [6.45, 7) is 2.26. The first kappa shape index (κ1) is 9.89. The van der Waals surface area contributed by atoms with Gasteiger partial charge in [-0.2, -0.15) is 0 Å². The van der Waals surface area contributed by atoms with E-state index in [1.807, 2.05) is 0 Å². The van der Waals surface area contributed by atoms with Gasteiger partial charge in [0.1, 0.15) is 0 Å². The van der Waals surface area contributed by atoms with Crippen molar-refractivity contribution in [1.29, 1.82) is 0 Å². The van der Waals surface area contributed by atoms with Crippen molar-refractivity contribution in [2.24, 2.45) is 5.92 Å². The maximum absolute atomic E-state index is 2.41. The van der Waals surface area contributed by atoms with E-state index in [0.717, 1.165) is 0 Å². The first-order chi connectivity index (χ1) is 7.84. The molecule has 2 aliphatic rings. The summed E-state index contributed by atoms with van der Waals surface area (Å²) in [5, 5.41) is 0. The first-order valence-electron chi connectivity index (χ1n) is 6.31. The number of rotatable bonds is 3. The van der Waals surface area contributed by atoms with Gasteiger partial charge in [0.05, 0.1) is 0 Å². The Morgan fingerprint density at radius 1 is 1.19 bits per heavy atom. The molecule has 0 amide bonds. The van der Waals surface area contributed by atoms with Gasteiger partial charge in [0.25, 0.3) is 0 Å². The maximum Gasteiger partial charge on any atom is 0.0323 e. The van der Waals surface area contributed by atoms with Gasteiger partial charge in [-0.05, 0) is 29.9 Å². The summed E-state index contributed by atoms with van der Waals surface area (Å²) in [6.07, 6.45) is 13.2. The monoisotopic (exact) mass is 210 g/mol. The zero-order chi connectivity index (χ0) is 11.0. The summed E-state index contributed by atoms with van der Waals surface area (Å²) >= 11 is 0. The topological polar surface area (TPSA) is 0 Å². The lowest BCUT2D eigenvalue weighted by molar-refractivity contribution is 0.626. The number of aryl methyl sites for hydroxylation is 1. The Morgan fingerprint density at radius 2 is 1.94 bits per heavy atom. The van der Waals surface area contributed by atoms with E-state index >= 15 is 0 Å². The van der Waals surface area contributed by atoms with Crippen molar-refractivity contribution in [3.8, 4) is 0 Å². The van der Waals surface area contributed by atoms with Gasteiger partial charge in [0.15, 0.2) is 0 Å². The van der Waals surface area contributed by atoms with Crippen LogP contribution in [0.5, 0.6) is 0 Å². The highest BCUT2D eigenvalue weighted by Crippen LogP contribution is 2.46. The van der Waals surface area contributed by atoms with E-state index in [1.54, 1.807) is 0 Å². The fraction of sp³-hybridized carbons (Fsp3) is 0.375. The van der Waals surface area contributed by atoms with E-state index in [9.17, 15) is 0 Å². The number of allylic oxidation sites excluding steroid dienone is 4. The van der Waals surface area contributed by atoms with Gasteiger partial charge in [0.2, 0.25) is 0 Å². The molecular weight excluding hydrogens is 192 g/mol. The molecule has 16 heavy (non-hydrogen) atoms. The highest BCUT2D eigenvalue weighted by atomic mass is 14.4. The van der Waals surface area contributed by atoms with Gasteiger partial charge in [-0.15, -0.1) is 0 Å². The molecule has 0 heterocycles. The van der Waals surface area contributed by atoms with Crippen molar-refractivity contribution >= 4 is 0 Å². The largest absolute Gasteiger partial charge is 0.0804 e. The lowest BCUT2D eigenvalue weighted by Gasteiger charge is -2.25. The number of benzene rings is 1. The predicted molar refractivity (Wildman–Crippen MR) is 68.5 cm³/mol. The molecular formula is C16H18. The molecule has 3 rings (SSSR count). The fourth-order valence-electron chi connectivity index (χ4n) is 3.12. The van der Waals surface area contributed by atoms with Gasteiger partial charge in [-0.25, -0.2) is 0 Å². The SMILES string of the molecule is CCCc1ccccc1C12C=CC(C=C1)C2. The highest BCUT2D eigenvalue weighted by molar-refractivity contribution is 5.48. The van der Waals surface area contributed by atoms with E-state index in [-0.39, 0.29) is 5.41 Å². The van der Waals surface area contributed by atoms with Crippen LogP contribution in [0, 0.1) is 5.92 Å². The van der Waals surface area contributed by atoms with E-state index in [4.69, 9.17) is 0 Å². The van der Waals surface area contributed by atoms with E-state index in [1.165, 1.54) is 30.4 Å². The molecule has 0 heteroatoms. The lowest BCUT2D eigenvalue weighted by atomic mass is 9.78. The van der Waals surface area contributed by atoms with E-state index in [2.05, 4.69) is 55.5 Å². The van der Waals surface area contributed by atoms with Gasteiger partial charge in [-0.1, -0.05) is 61.9 Å². The third-order valence-electron chi connectivity index (χ3n) is 3.89. The average molecular weight is 210 g/mol. The maximum atomic E-state index is 2.41. The van der Waals surface area contributed by atoms with Crippen LogP contribution >= 0.6 is 0 Å². The van der Waals surface area contributed by atoms with Crippen LogP contribution in [-0.4, -0.2) is 0 Å². The molecule has 0 radical (unpaired) electrons. The van der Waals surface area contributed by atoms with Crippen molar-refractivity contribution in [1.82, 2.24) is 0 Å². The second kappa shape index (κ2) is 3.62. The standard InChI is InChI=1S/C16H18/c1-2-5-14-6-3-4-7-15(14)16-10-8-13(12-16)9-11-16/h3-4,6-11,13H,2,5,12H2,1H3. The molecule has 0 aromatic heterocycles. The molecule has 1 aromatic carbocycles. The third kappa shape index (κ3) is 1.36. The Kier molecular flexibility index (Phi) is 2.24. The second-order valence-corrected chi connectivity index (χ2v) is 5.03. The quantitative estimate of drug-likeness (QED) is 0.661. The Balaban J connectivity index is 2.06. The minimum absolute atomic E-state index is 0.233. The Labute approximate surface area is 97.7 Å². The minimum atomic E-state index is 0.233. The fourth-order valence-corrected chi connectivity index (χ4v) is 3.12. The molecule has 2 aliphatic carbocycles. The van der Waals surface area contributed by atoms with Gasteiger partial charge >= 0.3 is 0 Å². The molecule has 0 saturated carbocycles. The van der Waals surface area contributed by atoms with Crippen molar-refractivity contribution in [3.05, 3.63) is 59.7 Å². The molecule has 2 bridgehead atoms.